The van der Waals surface area contributed by atoms with Crippen molar-refractivity contribution < 1.29 is 17.1 Å². The molecule has 0 bridgehead atoms. The predicted octanol–water partition coefficient (Wildman–Crippen LogP) is 3.69. The Hall–Kier alpha value is 0.491. The highest BCUT2D eigenvalue weighted by Gasteiger charge is 2.49. The zero-order valence-corrected chi connectivity index (χ0v) is 14.1. The molecule has 4 nitrogen and oxygen atoms in total. The number of hydrogen-bond donors (Lipinski definition) is 0. The fraction of sp³-hybridized carbons (Fsp3) is 1.00. The Bertz CT molecular complexity index is 177. The van der Waals surface area contributed by atoms with E-state index in [4.69, 9.17) is 17.1 Å². The average molecular weight is 301 g/mol. The van der Waals surface area contributed by atoms with Crippen LogP contribution in [0.25, 0.3) is 0 Å². The first kappa shape index (κ1) is 22.7. The maximum atomic E-state index is 5.95. The standard InChI is InChI=1S/C8H24O4Si3.2CH4/c1-9-15(10-2,11-13(3,4)5)12-14(6,7)8;;/h1-8H3;2*1H4. The van der Waals surface area contributed by atoms with Gasteiger partial charge in [0, 0.05) is 14.2 Å². The molecule has 0 aromatic rings. The van der Waals surface area contributed by atoms with Gasteiger partial charge in [-0.05, 0) is 39.3 Å². The van der Waals surface area contributed by atoms with Crippen LogP contribution in [0.5, 0.6) is 0 Å². The van der Waals surface area contributed by atoms with Gasteiger partial charge >= 0.3 is 9.05 Å². The molecule has 0 spiro atoms. The van der Waals surface area contributed by atoms with E-state index in [2.05, 4.69) is 39.3 Å². The molecule has 0 saturated carbocycles. The van der Waals surface area contributed by atoms with Crippen LogP contribution in [0.4, 0.5) is 0 Å². The summed E-state index contributed by atoms with van der Waals surface area (Å²) in [5, 5.41) is 0. The second-order valence-corrected chi connectivity index (χ2v) is 17.2. The summed E-state index contributed by atoms with van der Waals surface area (Å²) in [5.74, 6) is 0. The molecule has 108 valence electrons. The van der Waals surface area contributed by atoms with Gasteiger partial charge in [0.05, 0.1) is 0 Å². The van der Waals surface area contributed by atoms with Gasteiger partial charge in [-0.25, -0.2) is 0 Å². The monoisotopic (exact) mass is 300 g/mol. The van der Waals surface area contributed by atoms with Crippen molar-refractivity contribution in [3.05, 3.63) is 0 Å². The first-order chi connectivity index (χ1) is 6.54. The minimum Gasteiger partial charge on any atom is -0.395 e. The first-order valence-corrected chi connectivity index (χ1v) is 13.5. The second-order valence-electron chi connectivity index (χ2n) is 5.34. The molecule has 17 heavy (non-hydrogen) atoms. The topological polar surface area (TPSA) is 36.9 Å². The third kappa shape index (κ3) is 10.1. The number of rotatable bonds is 6. The predicted molar refractivity (Wildman–Crippen MR) is 82.1 cm³/mol. The summed E-state index contributed by atoms with van der Waals surface area (Å²) in [6, 6.07) is 0. The summed E-state index contributed by atoms with van der Waals surface area (Å²) in [4.78, 5) is 0. The molecule has 0 aliphatic rings. The smallest absolute Gasteiger partial charge is 0.395 e. The van der Waals surface area contributed by atoms with Crippen LogP contribution >= 0.6 is 0 Å². The highest BCUT2D eigenvalue weighted by Crippen LogP contribution is 2.21. The summed E-state index contributed by atoms with van der Waals surface area (Å²) in [6.45, 7) is 12.6. The number of hydrogen-bond acceptors (Lipinski definition) is 4. The third-order valence-electron chi connectivity index (χ3n) is 1.36. The van der Waals surface area contributed by atoms with Crippen LogP contribution in [0.3, 0.4) is 0 Å². The molecule has 0 heterocycles. The van der Waals surface area contributed by atoms with Gasteiger partial charge in [0.1, 0.15) is 0 Å². The molecular weight excluding hydrogens is 268 g/mol. The Kier molecular flexibility index (Phi) is 10.4. The van der Waals surface area contributed by atoms with Crippen molar-refractivity contribution in [3.63, 3.8) is 0 Å². The lowest BCUT2D eigenvalue weighted by atomic mass is 11.8. The molecule has 7 heteroatoms. The van der Waals surface area contributed by atoms with Gasteiger partial charge in [-0.1, -0.05) is 14.9 Å². The first-order valence-electron chi connectivity index (χ1n) is 5.04. The van der Waals surface area contributed by atoms with Crippen molar-refractivity contribution in [2.45, 2.75) is 54.1 Å². The Morgan fingerprint density at radius 3 is 0.941 bits per heavy atom. The van der Waals surface area contributed by atoms with Crippen molar-refractivity contribution >= 4 is 25.7 Å². The molecule has 0 aromatic carbocycles. The summed E-state index contributed by atoms with van der Waals surface area (Å²) in [5.41, 5.74) is 0. The van der Waals surface area contributed by atoms with Gasteiger partial charge in [0.2, 0.25) is 0 Å². The minimum atomic E-state index is -2.89. The van der Waals surface area contributed by atoms with Crippen LogP contribution in [-0.2, 0) is 17.1 Å². The van der Waals surface area contributed by atoms with E-state index in [0.29, 0.717) is 0 Å². The Labute approximate surface area is 111 Å². The maximum Gasteiger partial charge on any atom is 0.657 e. The lowest BCUT2D eigenvalue weighted by molar-refractivity contribution is 0.0773. The highest BCUT2D eigenvalue weighted by molar-refractivity contribution is 6.83. The molecule has 0 atom stereocenters. The quantitative estimate of drug-likeness (QED) is 0.701. The van der Waals surface area contributed by atoms with Crippen molar-refractivity contribution in [2.24, 2.45) is 0 Å². The molecule has 0 fully saturated rings. The fourth-order valence-electron chi connectivity index (χ4n) is 1.02. The Morgan fingerprint density at radius 2 is 0.824 bits per heavy atom. The SMILES string of the molecule is C.C.CO[Si](OC)(O[Si](C)(C)C)O[Si](C)(C)C. The zero-order valence-electron chi connectivity index (χ0n) is 11.1. The highest BCUT2D eigenvalue weighted by atomic mass is 28.5. The van der Waals surface area contributed by atoms with E-state index in [9.17, 15) is 0 Å². The maximum absolute atomic E-state index is 5.95. The van der Waals surface area contributed by atoms with Crippen LogP contribution in [0.15, 0.2) is 0 Å². The zero-order chi connectivity index (χ0) is 12.3. The summed E-state index contributed by atoms with van der Waals surface area (Å²) < 4.78 is 22.7. The van der Waals surface area contributed by atoms with Crippen molar-refractivity contribution in [1.82, 2.24) is 0 Å². The molecule has 0 saturated heterocycles. The van der Waals surface area contributed by atoms with E-state index in [0.717, 1.165) is 0 Å². The Balaban J connectivity index is -0.000000980. The second kappa shape index (κ2) is 7.82. The van der Waals surface area contributed by atoms with Crippen LogP contribution in [0.1, 0.15) is 14.9 Å². The molecule has 0 radical (unpaired) electrons. The molecular formula is C10H32O4Si3. The molecule has 0 aliphatic carbocycles. The molecule has 0 aromatic heterocycles. The van der Waals surface area contributed by atoms with E-state index >= 15 is 0 Å². The van der Waals surface area contributed by atoms with Crippen LogP contribution in [0.2, 0.25) is 39.3 Å². The van der Waals surface area contributed by atoms with Crippen LogP contribution < -0.4 is 0 Å². The fourth-order valence-corrected chi connectivity index (χ4v) is 9.06. The average Bonchev–Trinajstić information content (AvgIpc) is 1.98. The van der Waals surface area contributed by atoms with Crippen LogP contribution in [-0.4, -0.2) is 39.9 Å². The van der Waals surface area contributed by atoms with Crippen LogP contribution in [0, 0.1) is 0 Å². The van der Waals surface area contributed by atoms with E-state index in [1.54, 1.807) is 14.2 Å². The van der Waals surface area contributed by atoms with E-state index < -0.39 is 25.7 Å². The lowest BCUT2D eigenvalue weighted by Gasteiger charge is -2.35. The van der Waals surface area contributed by atoms with Crippen molar-refractivity contribution in [3.8, 4) is 0 Å². The van der Waals surface area contributed by atoms with Gasteiger partial charge in [-0.15, -0.1) is 0 Å². The van der Waals surface area contributed by atoms with Gasteiger partial charge in [-0.3, -0.25) is 0 Å². The van der Waals surface area contributed by atoms with E-state index in [1.165, 1.54) is 0 Å². The minimum absolute atomic E-state index is 0. The van der Waals surface area contributed by atoms with Crippen molar-refractivity contribution in [2.75, 3.05) is 14.2 Å². The Morgan fingerprint density at radius 1 is 0.588 bits per heavy atom. The third-order valence-corrected chi connectivity index (χ3v) is 9.26. The molecule has 0 unspecified atom stereocenters. The summed E-state index contributed by atoms with van der Waals surface area (Å²) >= 11 is 0. The summed E-state index contributed by atoms with van der Waals surface area (Å²) in [6.07, 6.45) is 0. The summed E-state index contributed by atoms with van der Waals surface area (Å²) in [7, 11) is -3.16. The molecule has 0 rings (SSSR count). The molecule has 0 N–H and O–H groups in total. The van der Waals surface area contributed by atoms with Gasteiger partial charge in [0.15, 0.2) is 16.6 Å². The van der Waals surface area contributed by atoms with Gasteiger partial charge in [0.25, 0.3) is 0 Å². The van der Waals surface area contributed by atoms with E-state index in [-0.39, 0.29) is 14.9 Å². The normalized spacial score (nSPS) is 12.7. The van der Waals surface area contributed by atoms with Gasteiger partial charge < -0.3 is 17.1 Å². The molecule has 0 amide bonds. The van der Waals surface area contributed by atoms with E-state index in [1.807, 2.05) is 0 Å². The lowest BCUT2D eigenvalue weighted by Crippen LogP contribution is -2.58. The van der Waals surface area contributed by atoms with Crippen molar-refractivity contribution in [1.29, 1.82) is 0 Å². The largest absolute Gasteiger partial charge is 0.657 e. The van der Waals surface area contributed by atoms with Gasteiger partial charge in [-0.2, -0.15) is 0 Å². The molecule has 0 aliphatic heterocycles.